The van der Waals surface area contributed by atoms with Crippen LogP contribution < -0.4 is 5.73 Å². The van der Waals surface area contributed by atoms with Gasteiger partial charge in [0, 0.05) is 13.2 Å². The quantitative estimate of drug-likeness (QED) is 0.874. The van der Waals surface area contributed by atoms with E-state index in [0.29, 0.717) is 11.3 Å². The first-order valence-electron chi connectivity index (χ1n) is 7.13. The first-order chi connectivity index (χ1) is 8.38. The average molecular weight is 249 g/mol. The Morgan fingerprint density at radius 2 is 1.89 bits per heavy atom. The minimum Gasteiger partial charge on any atom is -0.322 e. The number of aromatic nitrogens is 2. The molecule has 1 heterocycles. The smallest absolute Gasteiger partial charge is 0.0794 e. The maximum Gasteiger partial charge on any atom is 0.0794 e. The van der Waals surface area contributed by atoms with Crippen LogP contribution in [0.4, 0.5) is 0 Å². The summed E-state index contributed by atoms with van der Waals surface area (Å²) >= 11 is 0. The van der Waals surface area contributed by atoms with E-state index in [2.05, 4.69) is 31.9 Å². The molecule has 0 aliphatic heterocycles. The van der Waals surface area contributed by atoms with Crippen LogP contribution in [-0.2, 0) is 7.05 Å². The molecule has 18 heavy (non-hydrogen) atoms. The normalized spacial score (nSPS) is 27.2. The number of nitrogens with zero attached hydrogens (tertiary/aromatic N) is 2. The summed E-state index contributed by atoms with van der Waals surface area (Å²) in [6.45, 7) is 7.07. The maximum absolute atomic E-state index is 6.36. The molecule has 0 spiro atoms. The highest BCUT2D eigenvalue weighted by molar-refractivity contribution is 5.06. The van der Waals surface area contributed by atoms with Crippen molar-refractivity contribution in [1.82, 2.24) is 9.78 Å². The fraction of sp³-hybridized carbons (Fsp3) is 0.800. The lowest BCUT2D eigenvalue weighted by molar-refractivity contribution is 0.139. The second kappa shape index (κ2) is 5.04. The van der Waals surface area contributed by atoms with Crippen LogP contribution in [0.2, 0.25) is 0 Å². The Morgan fingerprint density at radius 1 is 1.28 bits per heavy atom. The fourth-order valence-corrected chi connectivity index (χ4v) is 3.20. The SMILES string of the molecule is Cn1ccc(C(N)C2CCC(C(C)(C)C)CC2)n1. The van der Waals surface area contributed by atoms with Crippen molar-refractivity contribution in [2.24, 2.45) is 30.0 Å². The van der Waals surface area contributed by atoms with Crippen molar-refractivity contribution in [2.75, 3.05) is 0 Å². The van der Waals surface area contributed by atoms with Gasteiger partial charge in [-0.1, -0.05) is 20.8 Å². The van der Waals surface area contributed by atoms with Crippen molar-refractivity contribution in [2.45, 2.75) is 52.5 Å². The molecule has 0 saturated heterocycles. The zero-order valence-electron chi connectivity index (χ0n) is 12.2. The Bertz CT molecular complexity index is 381. The van der Waals surface area contributed by atoms with E-state index in [0.717, 1.165) is 11.6 Å². The van der Waals surface area contributed by atoms with Gasteiger partial charge in [0.1, 0.15) is 0 Å². The largest absolute Gasteiger partial charge is 0.322 e. The van der Waals surface area contributed by atoms with E-state index < -0.39 is 0 Å². The lowest BCUT2D eigenvalue weighted by Crippen LogP contribution is -2.31. The maximum atomic E-state index is 6.36. The number of aryl methyl sites for hydroxylation is 1. The summed E-state index contributed by atoms with van der Waals surface area (Å²) in [6, 6.07) is 2.17. The molecule has 0 aromatic carbocycles. The van der Waals surface area contributed by atoms with Crippen molar-refractivity contribution in [3.05, 3.63) is 18.0 Å². The topological polar surface area (TPSA) is 43.8 Å². The zero-order chi connectivity index (χ0) is 13.3. The molecule has 1 saturated carbocycles. The molecule has 0 amide bonds. The molecule has 3 heteroatoms. The van der Waals surface area contributed by atoms with Crippen molar-refractivity contribution >= 4 is 0 Å². The third kappa shape index (κ3) is 2.94. The summed E-state index contributed by atoms with van der Waals surface area (Å²) < 4.78 is 1.84. The summed E-state index contributed by atoms with van der Waals surface area (Å²) in [6.07, 6.45) is 7.11. The molecule has 1 aromatic rings. The molecule has 1 aromatic heterocycles. The van der Waals surface area contributed by atoms with E-state index in [-0.39, 0.29) is 6.04 Å². The summed E-state index contributed by atoms with van der Waals surface area (Å²) in [7, 11) is 1.95. The van der Waals surface area contributed by atoms with Crippen LogP contribution in [0.3, 0.4) is 0 Å². The molecule has 0 bridgehead atoms. The van der Waals surface area contributed by atoms with Gasteiger partial charge in [-0.2, -0.15) is 5.10 Å². The van der Waals surface area contributed by atoms with Gasteiger partial charge in [0.2, 0.25) is 0 Å². The van der Waals surface area contributed by atoms with Gasteiger partial charge < -0.3 is 5.73 Å². The van der Waals surface area contributed by atoms with Crippen LogP contribution in [0, 0.1) is 17.3 Å². The van der Waals surface area contributed by atoms with Gasteiger partial charge in [-0.05, 0) is 49.0 Å². The molecular weight excluding hydrogens is 222 g/mol. The predicted molar refractivity (Wildman–Crippen MR) is 75.0 cm³/mol. The number of rotatable bonds is 2. The second-order valence-electron chi connectivity index (χ2n) is 6.92. The first-order valence-corrected chi connectivity index (χ1v) is 7.13. The van der Waals surface area contributed by atoms with Crippen molar-refractivity contribution in [1.29, 1.82) is 0 Å². The standard InChI is InChI=1S/C15H27N3/c1-15(2,3)12-7-5-11(6-8-12)14(16)13-9-10-18(4)17-13/h9-12,14H,5-8,16H2,1-4H3. The third-order valence-electron chi connectivity index (χ3n) is 4.58. The monoisotopic (exact) mass is 249 g/mol. The molecule has 3 nitrogen and oxygen atoms in total. The Hall–Kier alpha value is -0.830. The molecule has 1 fully saturated rings. The van der Waals surface area contributed by atoms with Crippen molar-refractivity contribution in [3.63, 3.8) is 0 Å². The summed E-state index contributed by atoms with van der Waals surface area (Å²) in [5.41, 5.74) is 7.86. The second-order valence-corrected chi connectivity index (χ2v) is 6.92. The molecule has 2 rings (SSSR count). The van der Waals surface area contributed by atoms with Crippen LogP contribution >= 0.6 is 0 Å². The summed E-state index contributed by atoms with van der Waals surface area (Å²) in [4.78, 5) is 0. The van der Waals surface area contributed by atoms with Crippen LogP contribution in [0.15, 0.2) is 12.3 Å². The van der Waals surface area contributed by atoms with E-state index in [1.165, 1.54) is 25.7 Å². The minimum absolute atomic E-state index is 0.118. The molecule has 102 valence electrons. The summed E-state index contributed by atoms with van der Waals surface area (Å²) in [5, 5.41) is 4.45. The van der Waals surface area contributed by atoms with E-state index in [9.17, 15) is 0 Å². The van der Waals surface area contributed by atoms with E-state index in [1.54, 1.807) is 0 Å². The molecule has 1 atom stereocenters. The van der Waals surface area contributed by atoms with Gasteiger partial charge in [-0.3, -0.25) is 4.68 Å². The van der Waals surface area contributed by atoms with Crippen LogP contribution in [-0.4, -0.2) is 9.78 Å². The van der Waals surface area contributed by atoms with Crippen molar-refractivity contribution in [3.8, 4) is 0 Å². The number of nitrogens with two attached hydrogens (primary N) is 1. The average Bonchev–Trinajstić information content (AvgIpc) is 2.74. The Labute approximate surface area is 111 Å². The first kappa shape index (κ1) is 13.6. The Kier molecular flexibility index (Phi) is 3.81. The lowest BCUT2D eigenvalue weighted by atomic mass is 9.68. The highest BCUT2D eigenvalue weighted by Gasteiger charge is 2.32. The molecule has 0 radical (unpaired) electrons. The number of hydrogen-bond acceptors (Lipinski definition) is 2. The van der Waals surface area contributed by atoms with Crippen molar-refractivity contribution < 1.29 is 0 Å². The zero-order valence-corrected chi connectivity index (χ0v) is 12.2. The fourth-order valence-electron chi connectivity index (χ4n) is 3.20. The number of hydrogen-bond donors (Lipinski definition) is 1. The van der Waals surface area contributed by atoms with E-state index in [4.69, 9.17) is 5.73 Å². The molecule has 1 unspecified atom stereocenters. The molecular formula is C15H27N3. The molecule has 2 N–H and O–H groups in total. The molecule has 1 aliphatic carbocycles. The van der Waals surface area contributed by atoms with Crippen LogP contribution in [0.5, 0.6) is 0 Å². The van der Waals surface area contributed by atoms with E-state index >= 15 is 0 Å². The predicted octanol–water partition coefficient (Wildman–Crippen LogP) is 3.27. The molecule has 1 aliphatic rings. The summed E-state index contributed by atoms with van der Waals surface area (Å²) in [5.74, 6) is 1.46. The van der Waals surface area contributed by atoms with Gasteiger partial charge >= 0.3 is 0 Å². The minimum atomic E-state index is 0.118. The highest BCUT2D eigenvalue weighted by atomic mass is 15.3. The third-order valence-corrected chi connectivity index (χ3v) is 4.58. The van der Waals surface area contributed by atoms with Gasteiger partial charge in [0.15, 0.2) is 0 Å². The van der Waals surface area contributed by atoms with Gasteiger partial charge in [-0.15, -0.1) is 0 Å². The Balaban J connectivity index is 1.94. The highest BCUT2D eigenvalue weighted by Crippen LogP contribution is 2.42. The lowest BCUT2D eigenvalue weighted by Gasteiger charge is -2.38. The van der Waals surface area contributed by atoms with E-state index in [1.807, 2.05) is 17.9 Å². The van der Waals surface area contributed by atoms with Crippen LogP contribution in [0.25, 0.3) is 0 Å². The van der Waals surface area contributed by atoms with Gasteiger partial charge in [0.25, 0.3) is 0 Å². The van der Waals surface area contributed by atoms with Gasteiger partial charge in [-0.25, -0.2) is 0 Å². The van der Waals surface area contributed by atoms with Crippen LogP contribution in [0.1, 0.15) is 58.2 Å². The Morgan fingerprint density at radius 3 is 2.33 bits per heavy atom. The van der Waals surface area contributed by atoms with Gasteiger partial charge in [0.05, 0.1) is 11.7 Å².